The number of imide groups is 1. The second-order valence-corrected chi connectivity index (χ2v) is 5.14. The maximum atomic E-state index is 12.8. The first-order valence-corrected chi connectivity index (χ1v) is 7.01. The van der Waals surface area contributed by atoms with Crippen molar-refractivity contribution >= 4 is 29.2 Å². The third-order valence-electron chi connectivity index (χ3n) is 3.82. The summed E-state index contributed by atoms with van der Waals surface area (Å²) in [7, 11) is 0. The average Bonchev–Trinajstić information content (AvgIpc) is 3.03. The zero-order valence-electron chi connectivity index (χ0n) is 12.0. The number of nitrogens with one attached hydrogen (secondary N) is 1. The summed E-state index contributed by atoms with van der Waals surface area (Å²) in [6.45, 7) is 1.97. The monoisotopic (exact) mass is 301 g/mol. The zero-order chi connectivity index (χ0) is 15.7. The lowest BCUT2D eigenvalue weighted by molar-refractivity contribution is -0.136. The fraction of sp³-hybridized carbons (Fsp3) is 0.333. The highest BCUT2D eigenvalue weighted by Gasteiger charge is 2.59. The first kappa shape index (κ1) is 14.2. The second kappa shape index (κ2) is 5.25. The molecular formula is C15H15N3O4. The first-order chi connectivity index (χ1) is 10.6. The molecule has 0 radical (unpaired) electrons. The van der Waals surface area contributed by atoms with Gasteiger partial charge in [-0.3, -0.25) is 9.59 Å². The number of anilines is 1. The van der Waals surface area contributed by atoms with Gasteiger partial charge in [-0.05, 0) is 19.1 Å². The maximum Gasteiger partial charge on any atom is 0.355 e. The van der Waals surface area contributed by atoms with Gasteiger partial charge in [-0.2, -0.15) is 5.10 Å². The fourth-order valence-electron chi connectivity index (χ4n) is 2.79. The highest BCUT2D eigenvalue weighted by atomic mass is 16.5. The molecule has 22 heavy (non-hydrogen) atoms. The van der Waals surface area contributed by atoms with Crippen LogP contribution in [0.1, 0.15) is 13.3 Å². The van der Waals surface area contributed by atoms with Crippen molar-refractivity contribution in [3.05, 3.63) is 30.3 Å². The molecule has 7 heteroatoms. The van der Waals surface area contributed by atoms with Gasteiger partial charge in [-0.15, -0.1) is 0 Å². The van der Waals surface area contributed by atoms with E-state index in [9.17, 15) is 14.4 Å². The lowest BCUT2D eigenvalue weighted by Gasteiger charge is -2.21. The Labute approximate surface area is 126 Å². The highest BCUT2D eigenvalue weighted by molar-refractivity contribution is 6.47. The fourth-order valence-corrected chi connectivity index (χ4v) is 2.79. The van der Waals surface area contributed by atoms with Crippen LogP contribution in [-0.4, -0.2) is 36.6 Å². The van der Waals surface area contributed by atoms with Gasteiger partial charge >= 0.3 is 5.97 Å². The topological polar surface area (TPSA) is 88.1 Å². The smallest absolute Gasteiger partial charge is 0.355 e. The summed E-state index contributed by atoms with van der Waals surface area (Å²) >= 11 is 0. The molecule has 3 rings (SSSR count). The molecule has 2 aliphatic heterocycles. The predicted molar refractivity (Wildman–Crippen MR) is 78.1 cm³/mol. The van der Waals surface area contributed by atoms with Crippen LogP contribution in [0.3, 0.4) is 0 Å². The number of hydrogen-bond acceptors (Lipinski definition) is 6. The number of rotatable bonds is 3. The van der Waals surface area contributed by atoms with Crippen LogP contribution < -0.4 is 10.3 Å². The Bertz CT molecular complexity index is 671. The van der Waals surface area contributed by atoms with Crippen molar-refractivity contribution in [2.45, 2.75) is 13.3 Å². The Kier molecular flexibility index (Phi) is 3.40. The van der Waals surface area contributed by atoms with Crippen molar-refractivity contribution < 1.29 is 19.1 Å². The van der Waals surface area contributed by atoms with Gasteiger partial charge in [-0.25, -0.2) is 9.69 Å². The van der Waals surface area contributed by atoms with E-state index in [0.29, 0.717) is 5.69 Å². The molecule has 114 valence electrons. The summed E-state index contributed by atoms with van der Waals surface area (Å²) in [5, 5.41) is 3.89. The number of carbonyl (C=O) groups is 3. The molecule has 1 unspecified atom stereocenters. The van der Waals surface area contributed by atoms with Crippen molar-refractivity contribution in [2.75, 3.05) is 18.1 Å². The molecule has 1 atom stereocenters. The largest absolute Gasteiger partial charge is 0.461 e. The third-order valence-corrected chi connectivity index (χ3v) is 3.82. The molecule has 2 heterocycles. The summed E-state index contributed by atoms with van der Waals surface area (Å²) in [6, 6.07) is 8.64. The minimum absolute atomic E-state index is 0.0221. The molecule has 1 aromatic carbocycles. The molecular weight excluding hydrogens is 286 g/mol. The van der Waals surface area contributed by atoms with E-state index in [4.69, 9.17) is 4.74 Å². The standard InChI is InChI=1S/C15H15N3O4/c1-2-22-13(20)12-15(9-16-17-12)8-11(19)18(14(15)21)10-6-4-3-5-7-10/h3-7,16H,2,8-9H2,1H3. The molecule has 7 nitrogen and oxygen atoms in total. The normalized spacial score (nSPS) is 23.7. The van der Waals surface area contributed by atoms with Gasteiger partial charge < -0.3 is 10.2 Å². The van der Waals surface area contributed by atoms with Crippen LogP contribution in [0.4, 0.5) is 5.69 Å². The summed E-state index contributed by atoms with van der Waals surface area (Å²) < 4.78 is 4.95. The van der Waals surface area contributed by atoms with E-state index < -0.39 is 17.3 Å². The molecule has 0 saturated carbocycles. The maximum absolute atomic E-state index is 12.8. The third kappa shape index (κ3) is 1.97. The van der Waals surface area contributed by atoms with Crippen molar-refractivity contribution in [1.82, 2.24) is 5.43 Å². The minimum atomic E-state index is -1.26. The van der Waals surface area contributed by atoms with Gasteiger partial charge in [-0.1, -0.05) is 18.2 Å². The van der Waals surface area contributed by atoms with Gasteiger partial charge in [0.1, 0.15) is 5.41 Å². The van der Waals surface area contributed by atoms with E-state index in [1.54, 1.807) is 37.3 Å². The van der Waals surface area contributed by atoms with E-state index >= 15 is 0 Å². The summed E-state index contributed by atoms with van der Waals surface area (Å²) in [4.78, 5) is 38.3. The molecule has 2 aliphatic rings. The van der Waals surface area contributed by atoms with Crippen molar-refractivity contribution in [1.29, 1.82) is 0 Å². The number of ether oxygens (including phenoxy) is 1. The molecule has 2 amide bonds. The summed E-state index contributed by atoms with van der Waals surface area (Å²) in [5.41, 5.74) is 1.86. The molecule has 1 N–H and O–H groups in total. The van der Waals surface area contributed by atoms with Crippen molar-refractivity contribution in [3.63, 3.8) is 0 Å². The summed E-state index contributed by atoms with van der Waals surface area (Å²) in [5.74, 6) is -1.46. The average molecular weight is 301 g/mol. The number of esters is 1. The van der Waals surface area contributed by atoms with E-state index in [-0.39, 0.29) is 31.2 Å². The summed E-state index contributed by atoms with van der Waals surface area (Å²) in [6.07, 6.45) is -0.0919. The molecule has 0 bridgehead atoms. The Morgan fingerprint density at radius 3 is 2.77 bits per heavy atom. The van der Waals surface area contributed by atoms with E-state index in [0.717, 1.165) is 4.90 Å². The van der Waals surface area contributed by atoms with Crippen LogP contribution in [-0.2, 0) is 19.1 Å². The highest BCUT2D eigenvalue weighted by Crippen LogP contribution is 2.39. The molecule has 0 aliphatic carbocycles. The van der Waals surface area contributed by atoms with Gasteiger partial charge in [0.2, 0.25) is 11.8 Å². The number of hydrogen-bond donors (Lipinski definition) is 1. The SMILES string of the molecule is CCOC(=O)C1=NNCC12CC(=O)N(c1ccccc1)C2=O. The number of para-hydroxylation sites is 1. The van der Waals surface area contributed by atoms with Crippen LogP contribution in [0.2, 0.25) is 0 Å². The molecule has 1 saturated heterocycles. The van der Waals surface area contributed by atoms with E-state index in [2.05, 4.69) is 10.5 Å². The zero-order valence-corrected chi connectivity index (χ0v) is 12.0. The predicted octanol–water partition coefficient (Wildman–Crippen LogP) is 0.459. The number of hydrazone groups is 1. The Morgan fingerprint density at radius 1 is 1.36 bits per heavy atom. The molecule has 1 fully saturated rings. The Morgan fingerprint density at radius 2 is 2.09 bits per heavy atom. The van der Waals surface area contributed by atoms with Crippen LogP contribution in [0.5, 0.6) is 0 Å². The second-order valence-electron chi connectivity index (χ2n) is 5.14. The number of nitrogens with zero attached hydrogens (tertiary/aromatic N) is 2. The Balaban J connectivity index is 1.97. The first-order valence-electron chi connectivity index (χ1n) is 7.01. The number of carbonyl (C=O) groups excluding carboxylic acids is 3. The van der Waals surface area contributed by atoms with Crippen molar-refractivity contribution in [3.8, 4) is 0 Å². The van der Waals surface area contributed by atoms with Crippen molar-refractivity contribution in [2.24, 2.45) is 10.5 Å². The molecule has 1 spiro atoms. The van der Waals surface area contributed by atoms with Crippen LogP contribution in [0.25, 0.3) is 0 Å². The van der Waals surface area contributed by atoms with Gasteiger partial charge in [0, 0.05) is 6.42 Å². The van der Waals surface area contributed by atoms with Crippen LogP contribution in [0.15, 0.2) is 35.4 Å². The Hall–Kier alpha value is -2.70. The minimum Gasteiger partial charge on any atom is -0.461 e. The number of benzene rings is 1. The number of amides is 2. The quantitative estimate of drug-likeness (QED) is 0.647. The molecule has 1 aromatic rings. The van der Waals surface area contributed by atoms with Gasteiger partial charge in [0.25, 0.3) is 0 Å². The van der Waals surface area contributed by atoms with E-state index in [1.165, 1.54) is 0 Å². The van der Waals surface area contributed by atoms with Crippen LogP contribution >= 0.6 is 0 Å². The lowest BCUT2D eigenvalue weighted by Crippen LogP contribution is -2.45. The van der Waals surface area contributed by atoms with Crippen LogP contribution in [0, 0.1) is 5.41 Å². The van der Waals surface area contributed by atoms with Gasteiger partial charge in [0.15, 0.2) is 5.71 Å². The molecule has 0 aromatic heterocycles. The lowest BCUT2D eigenvalue weighted by atomic mass is 9.81. The van der Waals surface area contributed by atoms with Gasteiger partial charge in [0.05, 0.1) is 18.8 Å². The van der Waals surface area contributed by atoms with E-state index in [1.807, 2.05) is 0 Å².